The lowest BCUT2D eigenvalue weighted by Gasteiger charge is -2.34. The predicted molar refractivity (Wildman–Crippen MR) is 109 cm³/mol. The molecule has 7 heteroatoms. The molecule has 29 heavy (non-hydrogen) atoms. The average molecular weight is 395 g/mol. The van der Waals surface area contributed by atoms with Gasteiger partial charge in [0.2, 0.25) is 5.91 Å². The van der Waals surface area contributed by atoms with Crippen molar-refractivity contribution in [1.82, 2.24) is 9.80 Å². The molecule has 0 saturated carbocycles. The van der Waals surface area contributed by atoms with Gasteiger partial charge >= 0.3 is 5.97 Å². The van der Waals surface area contributed by atoms with E-state index in [0.717, 1.165) is 11.1 Å². The first-order valence-electron chi connectivity index (χ1n) is 9.39. The van der Waals surface area contributed by atoms with Gasteiger partial charge in [0.05, 0.1) is 13.7 Å². The number of amides is 2. The van der Waals surface area contributed by atoms with Gasteiger partial charge in [0.25, 0.3) is 5.91 Å². The molecule has 2 aromatic rings. The van der Waals surface area contributed by atoms with Crippen LogP contribution >= 0.6 is 0 Å². The Labute approximate surface area is 170 Å². The van der Waals surface area contributed by atoms with Crippen LogP contribution in [-0.2, 0) is 27.3 Å². The van der Waals surface area contributed by atoms with Gasteiger partial charge in [-0.15, -0.1) is 0 Å². The summed E-state index contributed by atoms with van der Waals surface area (Å²) in [5, 5.41) is 2.83. The Hall–Kier alpha value is -3.19. The van der Waals surface area contributed by atoms with Crippen molar-refractivity contribution >= 4 is 23.5 Å². The number of methoxy groups -OCH3 is 1. The van der Waals surface area contributed by atoms with Crippen LogP contribution in [0.4, 0.5) is 5.69 Å². The molecule has 0 fully saturated rings. The highest BCUT2D eigenvalue weighted by Gasteiger charge is 2.33. The molecule has 1 N–H and O–H groups in total. The molecule has 152 valence electrons. The quantitative estimate of drug-likeness (QED) is 0.783. The standard InChI is InChI=1S/C22H25N3O4/c1-24(2)21(27)15-8-10-18(11-9-15)23-20(26)14-25-13-17-7-5-4-6-16(17)12-19(25)22(28)29-3/h4-11,19H,12-14H2,1-3H3,(H,23,26)/t19-/m1/s1. The third-order valence-electron chi connectivity index (χ3n) is 4.99. The third-order valence-corrected chi connectivity index (χ3v) is 4.99. The number of hydrogen-bond acceptors (Lipinski definition) is 5. The molecule has 0 saturated heterocycles. The van der Waals surface area contributed by atoms with Gasteiger partial charge < -0.3 is 15.0 Å². The molecule has 2 amide bonds. The van der Waals surface area contributed by atoms with Crippen LogP contribution in [0.3, 0.4) is 0 Å². The molecule has 0 radical (unpaired) electrons. The van der Waals surface area contributed by atoms with Gasteiger partial charge in [-0.1, -0.05) is 24.3 Å². The topological polar surface area (TPSA) is 79.0 Å². The van der Waals surface area contributed by atoms with Crippen molar-refractivity contribution in [1.29, 1.82) is 0 Å². The number of anilines is 1. The Morgan fingerprint density at radius 3 is 2.34 bits per heavy atom. The van der Waals surface area contributed by atoms with Crippen LogP contribution in [0.25, 0.3) is 0 Å². The van der Waals surface area contributed by atoms with E-state index in [1.165, 1.54) is 12.0 Å². The van der Waals surface area contributed by atoms with Crippen molar-refractivity contribution in [2.45, 2.75) is 19.0 Å². The van der Waals surface area contributed by atoms with E-state index in [1.54, 1.807) is 38.4 Å². The van der Waals surface area contributed by atoms with Crippen LogP contribution in [0.2, 0.25) is 0 Å². The molecule has 1 aliphatic heterocycles. The van der Waals surface area contributed by atoms with Crippen molar-refractivity contribution in [2.24, 2.45) is 0 Å². The molecule has 2 aromatic carbocycles. The number of ether oxygens (including phenoxy) is 1. The van der Waals surface area contributed by atoms with Crippen molar-refractivity contribution < 1.29 is 19.1 Å². The number of benzene rings is 2. The highest BCUT2D eigenvalue weighted by atomic mass is 16.5. The summed E-state index contributed by atoms with van der Waals surface area (Å²) in [5.74, 6) is -0.681. The Morgan fingerprint density at radius 1 is 1.07 bits per heavy atom. The maximum atomic E-state index is 12.6. The Bertz CT molecular complexity index is 909. The second kappa shape index (κ2) is 8.87. The maximum Gasteiger partial charge on any atom is 0.323 e. The Balaban J connectivity index is 1.68. The first-order valence-corrected chi connectivity index (χ1v) is 9.39. The van der Waals surface area contributed by atoms with Gasteiger partial charge in [0, 0.05) is 31.9 Å². The molecular weight excluding hydrogens is 370 g/mol. The first kappa shape index (κ1) is 20.5. The van der Waals surface area contributed by atoms with Gasteiger partial charge in [-0.05, 0) is 41.8 Å². The van der Waals surface area contributed by atoms with E-state index in [1.807, 2.05) is 29.2 Å². The minimum atomic E-state index is -0.499. The monoisotopic (exact) mass is 395 g/mol. The lowest BCUT2D eigenvalue weighted by Crippen LogP contribution is -2.49. The van der Waals surface area contributed by atoms with Gasteiger partial charge in [-0.25, -0.2) is 0 Å². The highest BCUT2D eigenvalue weighted by Crippen LogP contribution is 2.24. The minimum absolute atomic E-state index is 0.0620. The number of carbonyl (C=O) groups excluding carboxylic acids is 3. The lowest BCUT2D eigenvalue weighted by atomic mass is 9.94. The Morgan fingerprint density at radius 2 is 1.72 bits per heavy atom. The van der Waals surface area contributed by atoms with E-state index in [4.69, 9.17) is 4.74 Å². The van der Waals surface area contributed by atoms with E-state index in [9.17, 15) is 14.4 Å². The maximum absolute atomic E-state index is 12.6. The summed E-state index contributed by atoms with van der Waals surface area (Å²) in [6.07, 6.45) is 0.511. The second-order valence-electron chi connectivity index (χ2n) is 7.24. The predicted octanol–water partition coefficient (Wildman–Crippen LogP) is 1.93. The zero-order chi connectivity index (χ0) is 21.0. The SMILES string of the molecule is COC(=O)[C@H]1Cc2ccccc2CN1CC(=O)Nc1ccc(C(=O)N(C)C)cc1. The fourth-order valence-electron chi connectivity index (χ4n) is 3.45. The first-order chi connectivity index (χ1) is 13.9. The summed E-state index contributed by atoms with van der Waals surface area (Å²) < 4.78 is 4.94. The van der Waals surface area contributed by atoms with Crippen molar-refractivity contribution in [3.63, 3.8) is 0 Å². The molecule has 0 bridgehead atoms. The van der Waals surface area contributed by atoms with E-state index >= 15 is 0 Å². The molecule has 7 nitrogen and oxygen atoms in total. The number of hydrogen-bond donors (Lipinski definition) is 1. The zero-order valence-electron chi connectivity index (χ0n) is 16.8. The normalized spacial score (nSPS) is 15.9. The van der Waals surface area contributed by atoms with Gasteiger partial charge in [0.15, 0.2) is 0 Å². The van der Waals surface area contributed by atoms with E-state index in [2.05, 4.69) is 5.32 Å². The molecule has 0 aliphatic carbocycles. The van der Waals surface area contributed by atoms with Crippen LogP contribution in [0.1, 0.15) is 21.5 Å². The van der Waals surface area contributed by atoms with Crippen molar-refractivity contribution in [2.75, 3.05) is 33.1 Å². The summed E-state index contributed by atoms with van der Waals surface area (Å²) in [6, 6.07) is 14.1. The van der Waals surface area contributed by atoms with Crippen LogP contribution < -0.4 is 5.32 Å². The summed E-state index contributed by atoms with van der Waals surface area (Å²) in [4.78, 5) is 40.1. The summed E-state index contributed by atoms with van der Waals surface area (Å²) in [7, 11) is 4.73. The number of nitrogens with zero attached hydrogens (tertiary/aromatic N) is 2. The third kappa shape index (κ3) is 4.81. The lowest BCUT2D eigenvalue weighted by molar-refractivity contribution is -0.148. The Kier molecular flexibility index (Phi) is 6.29. The van der Waals surface area contributed by atoms with E-state index in [0.29, 0.717) is 24.2 Å². The molecule has 3 rings (SSSR count). The van der Waals surface area contributed by atoms with Crippen LogP contribution in [0.15, 0.2) is 48.5 Å². The smallest absolute Gasteiger partial charge is 0.323 e. The fraction of sp³-hybridized carbons (Fsp3) is 0.318. The molecular formula is C22H25N3O4. The largest absolute Gasteiger partial charge is 0.468 e. The number of nitrogens with one attached hydrogen (secondary N) is 1. The molecule has 1 atom stereocenters. The van der Waals surface area contributed by atoms with Crippen LogP contribution in [-0.4, -0.2) is 61.4 Å². The number of fused-ring (bicyclic) bond motifs is 1. The molecule has 1 heterocycles. The second-order valence-corrected chi connectivity index (χ2v) is 7.24. The summed E-state index contributed by atoms with van der Waals surface area (Å²) >= 11 is 0. The van der Waals surface area contributed by atoms with Crippen molar-refractivity contribution in [3.8, 4) is 0 Å². The summed E-state index contributed by atoms with van der Waals surface area (Å²) in [6.45, 7) is 0.562. The number of carbonyl (C=O) groups is 3. The molecule has 1 aliphatic rings. The average Bonchev–Trinajstić information content (AvgIpc) is 2.72. The molecule has 0 aromatic heterocycles. The van der Waals surface area contributed by atoms with Gasteiger partial charge in [-0.2, -0.15) is 0 Å². The van der Waals surface area contributed by atoms with Gasteiger partial charge in [0.1, 0.15) is 6.04 Å². The van der Waals surface area contributed by atoms with Gasteiger partial charge in [-0.3, -0.25) is 19.3 Å². The molecule has 0 unspecified atom stereocenters. The van der Waals surface area contributed by atoms with Crippen molar-refractivity contribution in [3.05, 3.63) is 65.2 Å². The zero-order valence-corrected chi connectivity index (χ0v) is 16.8. The number of esters is 1. The van der Waals surface area contributed by atoms with Crippen LogP contribution in [0, 0.1) is 0 Å². The minimum Gasteiger partial charge on any atom is -0.468 e. The number of rotatable bonds is 5. The van der Waals surface area contributed by atoms with E-state index in [-0.39, 0.29) is 24.3 Å². The highest BCUT2D eigenvalue weighted by molar-refractivity contribution is 5.96. The van der Waals surface area contributed by atoms with E-state index < -0.39 is 6.04 Å². The molecule has 0 spiro atoms. The fourth-order valence-corrected chi connectivity index (χ4v) is 3.45. The summed E-state index contributed by atoms with van der Waals surface area (Å²) in [5.41, 5.74) is 3.34. The van der Waals surface area contributed by atoms with Crippen LogP contribution in [0.5, 0.6) is 0 Å².